The van der Waals surface area contributed by atoms with Gasteiger partial charge in [-0.1, -0.05) is 13.0 Å². The number of hydrogen-bond donors (Lipinski definition) is 0. The average Bonchev–Trinajstić information content (AvgIpc) is 2.39. The smallest absolute Gasteiger partial charge is 0.387 e. The Morgan fingerprint density at radius 2 is 2.16 bits per heavy atom. The number of carbonyl (C=O) groups excluding carboxylic acids is 1. The Labute approximate surface area is 109 Å². The van der Waals surface area contributed by atoms with E-state index in [0.29, 0.717) is 17.5 Å². The molecule has 0 aliphatic heterocycles. The molecule has 6 heteroatoms. The largest absolute Gasteiger partial charge is 0.469 e. The van der Waals surface area contributed by atoms with Crippen molar-refractivity contribution >= 4 is 5.97 Å². The van der Waals surface area contributed by atoms with Crippen LogP contribution in [0.2, 0.25) is 0 Å². The molecule has 0 aromatic heterocycles. The van der Waals surface area contributed by atoms with Crippen molar-refractivity contribution in [3.8, 4) is 11.8 Å². The van der Waals surface area contributed by atoms with Crippen LogP contribution in [0.15, 0.2) is 12.1 Å². The van der Waals surface area contributed by atoms with Gasteiger partial charge in [-0.05, 0) is 23.6 Å². The highest BCUT2D eigenvalue weighted by Crippen LogP contribution is 2.28. The zero-order valence-corrected chi connectivity index (χ0v) is 10.6. The first-order chi connectivity index (χ1) is 9.01. The molecule has 102 valence electrons. The third-order valence-electron chi connectivity index (χ3n) is 2.51. The highest BCUT2D eigenvalue weighted by atomic mass is 19.3. The molecule has 0 saturated carbocycles. The van der Waals surface area contributed by atoms with E-state index in [4.69, 9.17) is 5.26 Å². The molecule has 0 aliphatic rings. The van der Waals surface area contributed by atoms with Gasteiger partial charge >= 0.3 is 12.6 Å². The number of esters is 1. The monoisotopic (exact) mass is 269 g/mol. The Balaban J connectivity index is 3.20. The van der Waals surface area contributed by atoms with E-state index < -0.39 is 12.6 Å². The summed E-state index contributed by atoms with van der Waals surface area (Å²) < 4.78 is 33.5. The van der Waals surface area contributed by atoms with Crippen LogP contribution in [-0.2, 0) is 22.4 Å². The van der Waals surface area contributed by atoms with Gasteiger partial charge < -0.3 is 9.47 Å². The molecule has 0 aliphatic carbocycles. The SMILES string of the molecule is CCc1cc(CC(=O)OC)cc(C#N)c1OC(F)F. The lowest BCUT2D eigenvalue weighted by Crippen LogP contribution is -2.09. The molecule has 0 N–H and O–H groups in total. The quantitative estimate of drug-likeness (QED) is 0.770. The molecular formula is C13H13F2NO3. The lowest BCUT2D eigenvalue weighted by Gasteiger charge is -2.13. The summed E-state index contributed by atoms with van der Waals surface area (Å²) >= 11 is 0. The average molecular weight is 269 g/mol. The van der Waals surface area contributed by atoms with Gasteiger partial charge in [0.1, 0.15) is 11.8 Å². The van der Waals surface area contributed by atoms with Gasteiger partial charge in [-0.3, -0.25) is 4.79 Å². The minimum atomic E-state index is -3.00. The highest BCUT2D eigenvalue weighted by Gasteiger charge is 2.16. The molecule has 4 nitrogen and oxygen atoms in total. The van der Waals surface area contributed by atoms with Gasteiger partial charge in [-0.25, -0.2) is 0 Å². The number of alkyl halides is 2. The van der Waals surface area contributed by atoms with Crippen LogP contribution in [0.4, 0.5) is 8.78 Å². The molecule has 19 heavy (non-hydrogen) atoms. The van der Waals surface area contributed by atoms with Crippen molar-refractivity contribution in [2.75, 3.05) is 7.11 Å². The predicted octanol–water partition coefficient (Wildman–Crippen LogP) is 2.44. The topological polar surface area (TPSA) is 59.3 Å². The fraction of sp³-hybridized carbons (Fsp3) is 0.385. The van der Waals surface area contributed by atoms with Gasteiger partial charge in [-0.15, -0.1) is 0 Å². The Morgan fingerprint density at radius 3 is 2.63 bits per heavy atom. The standard InChI is InChI=1S/C13H13F2NO3/c1-3-9-4-8(6-11(17)18-2)5-10(7-16)12(9)19-13(14)15/h4-5,13H,3,6H2,1-2H3. The van der Waals surface area contributed by atoms with Crippen LogP contribution in [0.1, 0.15) is 23.6 Å². The van der Waals surface area contributed by atoms with Crippen LogP contribution in [0.25, 0.3) is 0 Å². The molecule has 0 amide bonds. The summed E-state index contributed by atoms with van der Waals surface area (Å²) in [7, 11) is 1.25. The van der Waals surface area contributed by atoms with Gasteiger partial charge in [0.15, 0.2) is 0 Å². The number of hydrogen-bond acceptors (Lipinski definition) is 4. The maximum atomic E-state index is 12.3. The zero-order chi connectivity index (χ0) is 14.4. The first-order valence-electron chi connectivity index (χ1n) is 5.59. The van der Waals surface area contributed by atoms with Crippen molar-refractivity contribution in [1.29, 1.82) is 5.26 Å². The van der Waals surface area contributed by atoms with Crippen molar-refractivity contribution < 1.29 is 23.0 Å². The third kappa shape index (κ3) is 3.91. The molecule has 1 aromatic carbocycles. The lowest BCUT2D eigenvalue weighted by atomic mass is 10.0. The van der Waals surface area contributed by atoms with Crippen LogP contribution in [0.3, 0.4) is 0 Å². The van der Waals surface area contributed by atoms with E-state index in [-0.39, 0.29) is 17.7 Å². The maximum Gasteiger partial charge on any atom is 0.387 e. The van der Waals surface area contributed by atoms with E-state index in [1.54, 1.807) is 19.1 Å². The summed E-state index contributed by atoms with van der Waals surface area (Å²) in [6.45, 7) is -1.25. The van der Waals surface area contributed by atoms with E-state index in [1.807, 2.05) is 0 Å². The number of rotatable bonds is 5. The van der Waals surface area contributed by atoms with E-state index in [2.05, 4.69) is 9.47 Å². The molecule has 1 rings (SSSR count). The van der Waals surface area contributed by atoms with Gasteiger partial charge in [0.25, 0.3) is 0 Å². The number of methoxy groups -OCH3 is 1. The van der Waals surface area contributed by atoms with E-state index in [9.17, 15) is 13.6 Å². The van der Waals surface area contributed by atoms with Crippen LogP contribution >= 0.6 is 0 Å². The summed E-state index contributed by atoms with van der Waals surface area (Å²) in [5.74, 6) is -0.595. The minimum Gasteiger partial charge on any atom is -0.469 e. The minimum absolute atomic E-state index is 0.0152. The summed E-state index contributed by atoms with van der Waals surface area (Å²) in [6.07, 6.45) is 0.388. The number of aryl methyl sites for hydroxylation is 1. The van der Waals surface area contributed by atoms with Crippen molar-refractivity contribution in [3.05, 3.63) is 28.8 Å². The molecular weight excluding hydrogens is 256 g/mol. The highest BCUT2D eigenvalue weighted by molar-refractivity contribution is 5.73. The summed E-state index contributed by atoms with van der Waals surface area (Å²) in [4.78, 5) is 11.2. The molecule has 0 fully saturated rings. The third-order valence-corrected chi connectivity index (χ3v) is 2.51. The van der Waals surface area contributed by atoms with Crippen molar-refractivity contribution in [2.24, 2.45) is 0 Å². The Hall–Kier alpha value is -2.16. The van der Waals surface area contributed by atoms with Crippen LogP contribution < -0.4 is 4.74 Å². The summed E-state index contributed by atoms with van der Waals surface area (Å²) in [5.41, 5.74) is 0.971. The first kappa shape index (κ1) is 14.9. The fourth-order valence-corrected chi connectivity index (χ4v) is 1.67. The van der Waals surface area contributed by atoms with Crippen LogP contribution in [0.5, 0.6) is 5.75 Å². The summed E-state index contributed by atoms with van der Waals surface area (Å²) in [5, 5.41) is 8.98. The van der Waals surface area contributed by atoms with Crippen molar-refractivity contribution in [3.63, 3.8) is 0 Å². The van der Waals surface area contributed by atoms with Gasteiger partial charge in [0.05, 0.1) is 19.1 Å². The van der Waals surface area contributed by atoms with Crippen molar-refractivity contribution in [1.82, 2.24) is 0 Å². The molecule has 0 heterocycles. The number of ether oxygens (including phenoxy) is 2. The number of benzene rings is 1. The second kappa shape index (κ2) is 6.69. The number of nitrogens with zero attached hydrogens (tertiary/aromatic N) is 1. The Bertz CT molecular complexity index is 509. The molecule has 0 bridgehead atoms. The maximum absolute atomic E-state index is 12.3. The van der Waals surface area contributed by atoms with Crippen LogP contribution in [-0.4, -0.2) is 19.7 Å². The number of carbonyl (C=O) groups is 1. The molecule has 1 aromatic rings. The van der Waals surface area contributed by atoms with Crippen LogP contribution in [0, 0.1) is 11.3 Å². The lowest BCUT2D eigenvalue weighted by molar-refractivity contribution is -0.139. The molecule has 0 saturated heterocycles. The van der Waals surface area contributed by atoms with E-state index in [0.717, 1.165) is 0 Å². The Morgan fingerprint density at radius 1 is 1.47 bits per heavy atom. The Kier molecular flexibility index (Phi) is 5.24. The molecule has 0 spiro atoms. The number of nitriles is 1. The second-order valence-electron chi connectivity index (χ2n) is 3.73. The van der Waals surface area contributed by atoms with Crippen molar-refractivity contribution in [2.45, 2.75) is 26.4 Å². The first-order valence-corrected chi connectivity index (χ1v) is 5.59. The normalized spacial score (nSPS) is 10.1. The fourth-order valence-electron chi connectivity index (χ4n) is 1.67. The van der Waals surface area contributed by atoms with E-state index in [1.165, 1.54) is 13.2 Å². The molecule has 0 atom stereocenters. The molecule has 0 unspecified atom stereocenters. The molecule has 0 radical (unpaired) electrons. The van der Waals surface area contributed by atoms with Gasteiger partial charge in [0.2, 0.25) is 0 Å². The number of halogens is 2. The zero-order valence-electron chi connectivity index (χ0n) is 10.6. The van der Waals surface area contributed by atoms with E-state index >= 15 is 0 Å². The summed E-state index contributed by atoms with van der Waals surface area (Å²) in [6, 6.07) is 4.72. The predicted molar refractivity (Wildman–Crippen MR) is 62.9 cm³/mol. The second-order valence-corrected chi connectivity index (χ2v) is 3.73. The van der Waals surface area contributed by atoms with Gasteiger partial charge in [0, 0.05) is 0 Å². The van der Waals surface area contributed by atoms with Gasteiger partial charge in [-0.2, -0.15) is 14.0 Å².